The minimum atomic E-state index is -0.936. The molecule has 0 spiro atoms. The maximum Gasteiger partial charge on any atom is 0.254 e. The Bertz CT molecular complexity index is 599. The number of aromatic nitrogens is 1. The van der Waals surface area contributed by atoms with E-state index in [0.717, 1.165) is 25.0 Å². The van der Waals surface area contributed by atoms with Crippen LogP contribution in [-0.4, -0.2) is 39.1 Å². The number of pyridine rings is 1. The first-order valence-electron chi connectivity index (χ1n) is 7.95. The summed E-state index contributed by atoms with van der Waals surface area (Å²) >= 11 is 0. The van der Waals surface area contributed by atoms with Gasteiger partial charge in [-0.15, -0.1) is 0 Å². The summed E-state index contributed by atoms with van der Waals surface area (Å²) in [5.74, 6) is 0.234. The van der Waals surface area contributed by atoms with Gasteiger partial charge in [-0.3, -0.25) is 9.59 Å². The molecule has 0 aliphatic carbocycles. The third-order valence-corrected chi connectivity index (χ3v) is 4.10. The largest absolute Gasteiger partial charge is 0.388 e. The van der Waals surface area contributed by atoms with Crippen molar-refractivity contribution in [3.05, 3.63) is 33.7 Å². The van der Waals surface area contributed by atoms with Gasteiger partial charge in [0.15, 0.2) is 0 Å². The second kappa shape index (κ2) is 6.24. The monoisotopic (exact) mass is 306 g/mol. The van der Waals surface area contributed by atoms with E-state index in [1.165, 1.54) is 6.07 Å². The summed E-state index contributed by atoms with van der Waals surface area (Å²) in [5.41, 5.74) is 0.00890. The van der Waals surface area contributed by atoms with Gasteiger partial charge in [0.1, 0.15) is 0 Å². The molecule has 2 rings (SSSR count). The molecule has 1 aromatic heterocycles. The normalized spacial score (nSPS) is 19.0. The topological polar surface area (TPSA) is 73.4 Å². The van der Waals surface area contributed by atoms with E-state index in [4.69, 9.17) is 0 Å². The number of hydrogen-bond donors (Lipinski definition) is 2. The van der Waals surface area contributed by atoms with Crippen molar-refractivity contribution in [3.8, 4) is 0 Å². The Kier molecular flexibility index (Phi) is 4.75. The van der Waals surface area contributed by atoms with Crippen LogP contribution in [-0.2, 0) is 6.42 Å². The molecular formula is C17H26N2O3. The maximum absolute atomic E-state index is 12.8. The number of aliphatic hydroxyl groups is 1. The first kappa shape index (κ1) is 16.7. The van der Waals surface area contributed by atoms with E-state index < -0.39 is 5.60 Å². The van der Waals surface area contributed by atoms with Gasteiger partial charge in [-0.25, -0.2) is 0 Å². The average molecular weight is 306 g/mol. The number of hydrogen-bond acceptors (Lipinski definition) is 3. The van der Waals surface area contributed by atoms with Crippen LogP contribution >= 0.6 is 0 Å². The van der Waals surface area contributed by atoms with Crippen LogP contribution in [0.1, 0.15) is 56.6 Å². The van der Waals surface area contributed by atoms with Crippen LogP contribution < -0.4 is 5.56 Å². The van der Waals surface area contributed by atoms with Gasteiger partial charge in [-0.2, -0.15) is 0 Å². The van der Waals surface area contributed by atoms with Crippen molar-refractivity contribution in [1.82, 2.24) is 9.88 Å². The third kappa shape index (κ3) is 3.77. The smallest absolute Gasteiger partial charge is 0.254 e. The van der Waals surface area contributed by atoms with E-state index in [-0.39, 0.29) is 17.5 Å². The van der Waals surface area contributed by atoms with Crippen molar-refractivity contribution >= 4 is 5.91 Å². The number of nitrogens with zero attached hydrogens (tertiary/aromatic N) is 1. The molecule has 1 aliphatic heterocycles. The number of amides is 1. The summed E-state index contributed by atoms with van der Waals surface area (Å²) in [6, 6.07) is 2.92. The standard InChI is InChI=1S/C17H26N2O3/c1-11(2)8-13-9-12(10-15(20)18-13)16(21)19-7-5-6-14(19)17(3,4)22/h9-11,14,22H,5-8H2,1-4H3,(H,18,20). The molecule has 1 fully saturated rings. The highest BCUT2D eigenvalue weighted by Crippen LogP contribution is 2.28. The number of H-pyrrole nitrogens is 1. The molecule has 0 radical (unpaired) electrons. The van der Waals surface area contributed by atoms with Crippen molar-refractivity contribution < 1.29 is 9.90 Å². The number of rotatable bonds is 4. The maximum atomic E-state index is 12.8. The number of nitrogens with one attached hydrogen (secondary N) is 1. The Balaban J connectivity index is 2.29. The molecule has 0 aromatic carbocycles. The lowest BCUT2D eigenvalue weighted by molar-refractivity contribution is 0.000324. The van der Waals surface area contributed by atoms with Gasteiger partial charge in [0.05, 0.1) is 11.6 Å². The number of carbonyl (C=O) groups is 1. The fraction of sp³-hybridized carbons (Fsp3) is 0.647. The van der Waals surface area contributed by atoms with E-state index in [0.29, 0.717) is 18.0 Å². The SMILES string of the molecule is CC(C)Cc1cc(C(=O)N2CCCC2C(C)(C)O)cc(=O)[nH]1. The van der Waals surface area contributed by atoms with Crippen molar-refractivity contribution in [2.75, 3.05) is 6.54 Å². The van der Waals surface area contributed by atoms with Gasteiger partial charge >= 0.3 is 0 Å². The van der Waals surface area contributed by atoms with Crippen LogP contribution in [0.25, 0.3) is 0 Å². The van der Waals surface area contributed by atoms with E-state index in [1.54, 1.807) is 24.8 Å². The lowest BCUT2D eigenvalue weighted by Crippen LogP contribution is -2.48. The predicted octanol–water partition coefficient (Wildman–Crippen LogP) is 1.95. The van der Waals surface area contributed by atoms with Gasteiger partial charge in [-0.05, 0) is 45.1 Å². The van der Waals surface area contributed by atoms with Gasteiger partial charge in [0.25, 0.3) is 5.91 Å². The molecule has 1 amide bonds. The molecule has 2 N–H and O–H groups in total. The highest BCUT2D eigenvalue weighted by Gasteiger charge is 2.38. The Morgan fingerprint density at radius 1 is 1.45 bits per heavy atom. The molecular weight excluding hydrogens is 280 g/mol. The molecule has 5 heteroatoms. The Morgan fingerprint density at radius 3 is 2.73 bits per heavy atom. The highest BCUT2D eigenvalue weighted by molar-refractivity contribution is 5.94. The quantitative estimate of drug-likeness (QED) is 0.893. The minimum absolute atomic E-state index is 0.166. The highest BCUT2D eigenvalue weighted by atomic mass is 16.3. The second-order valence-corrected chi connectivity index (χ2v) is 7.17. The zero-order valence-electron chi connectivity index (χ0n) is 13.8. The van der Waals surface area contributed by atoms with Crippen LogP contribution in [0.4, 0.5) is 0 Å². The summed E-state index contributed by atoms with van der Waals surface area (Å²) in [5, 5.41) is 10.2. The first-order valence-corrected chi connectivity index (χ1v) is 7.95. The van der Waals surface area contributed by atoms with Crippen molar-refractivity contribution in [2.45, 2.75) is 58.6 Å². The van der Waals surface area contributed by atoms with Gasteiger partial charge in [0.2, 0.25) is 5.56 Å². The second-order valence-electron chi connectivity index (χ2n) is 7.17. The Morgan fingerprint density at radius 2 is 2.14 bits per heavy atom. The predicted molar refractivity (Wildman–Crippen MR) is 86.0 cm³/mol. The zero-order valence-corrected chi connectivity index (χ0v) is 13.8. The molecule has 22 heavy (non-hydrogen) atoms. The Labute approximate surface area is 131 Å². The van der Waals surface area contributed by atoms with Crippen molar-refractivity contribution in [3.63, 3.8) is 0 Å². The lowest BCUT2D eigenvalue weighted by Gasteiger charge is -2.33. The number of likely N-dealkylation sites (tertiary alicyclic amines) is 1. The molecule has 1 aliphatic rings. The summed E-state index contributed by atoms with van der Waals surface area (Å²) in [7, 11) is 0. The zero-order chi connectivity index (χ0) is 16.5. The van der Waals surface area contributed by atoms with Crippen LogP contribution in [0.2, 0.25) is 0 Å². The van der Waals surface area contributed by atoms with Gasteiger partial charge in [-0.1, -0.05) is 13.8 Å². The molecule has 1 atom stereocenters. The molecule has 1 aromatic rings. The fourth-order valence-electron chi connectivity index (χ4n) is 3.18. The van der Waals surface area contributed by atoms with E-state index >= 15 is 0 Å². The van der Waals surface area contributed by atoms with E-state index in [1.807, 2.05) is 0 Å². The van der Waals surface area contributed by atoms with Gasteiger partial charge < -0.3 is 15.0 Å². The third-order valence-electron chi connectivity index (χ3n) is 4.10. The molecule has 5 nitrogen and oxygen atoms in total. The molecule has 0 bridgehead atoms. The molecule has 1 saturated heterocycles. The van der Waals surface area contributed by atoms with Crippen LogP contribution in [0.5, 0.6) is 0 Å². The summed E-state index contributed by atoms with van der Waals surface area (Å²) in [6.07, 6.45) is 2.39. The van der Waals surface area contributed by atoms with Gasteiger partial charge in [0, 0.05) is 23.9 Å². The molecule has 1 unspecified atom stereocenters. The lowest BCUT2D eigenvalue weighted by atomic mass is 9.96. The van der Waals surface area contributed by atoms with Crippen LogP contribution in [0.3, 0.4) is 0 Å². The number of aromatic amines is 1. The van der Waals surface area contributed by atoms with Crippen molar-refractivity contribution in [1.29, 1.82) is 0 Å². The van der Waals surface area contributed by atoms with Crippen molar-refractivity contribution in [2.24, 2.45) is 5.92 Å². The van der Waals surface area contributed by atoms with E-state index in [2.05, 4.69) is 18.8 Å². The summed E-state index contributed by atoms with van der Waals surface area (Å²) < 4.78 is 0. The first-order chi connectivity index (χ1) is 10.2. The van der Waals surface area contributed by atoms with E-state index in [9.17, 15) is 14.7 Å². The number of carbonyl (C=O) groups excluding carboxylic acids is 1. The fourth-order valence-corrected chi connectivity index (χ4v) is 3.18. The molecule has 2 heterocycles. The molecule has 0 saturated carbocycles. The molecule has 122 valence electrons. The summed E-state index contributed by atoms with van der Waals surface area (Å²) in [6.45, 7) is 8.21. The van der Waals surface area contributed by atoms with Crippen LogP contribution in [0, 0.1) is 5.92 Å². The average Bonchev–Trinajstić information content (AvgIpc) is 2.85. The van der Waals surface area contributed by atoms with Crippen LogP contribution in [0.15, 0.2) is 16.9 Å². The Hall–Kier alpha value is -1.62. The summed E-state index contributed by atoms with van der Waals surface area (Å²) in [4.78, 5) is 29.1. The minimum Gasteiger partial charge on any atom is -0.388 e.